The van der Waals surface area contributed by atoms with Crippen molar-refractivity contribution in [2.24, 2.45) is 0 Å². The third-order valence-electron chi connectivity index (χ3n) is 4.79. The molecule has 0 unspecified atom stereocenters. The molecular weight excluding hydrogens is 288 g/mol. The van der Waals surface area contributed by atoms with Crippen LogP contribution in [0.15, 0.2) is 24.3 Å². The Morgan fingerprint density at radius 3 is 2.30 bits per heavy atom. The van der Waals surface area contributed by atoms with Gasteiger partial charge in [-0.3, -0.25) is 9.69 Å². The molecule has 4 heteroatoms. The standard InChI is InChI=1S/C19H30N2O2/c1-4-5-10-20-11-15(2)21(16(3)12-20)13-17-6-8-18(9-7-17)19(23)14-22/h6-9,15-16,22H,4-5,10-14H2,1-3H3/t15-,16+. The molecule has 1 saturated heterocycles. The van der Waals surface area contributed by atoms with Crippen molar-refractivity contribution in [3.63, 3.8) is 0 Å². The van der Waals surface area contributed by atoms with Crippen LogP contribution in [0.4, 0.5) is 0 Å². The number of carbonyl (C=O) groups is 1. The summed E-state index contributed by atoms with van der Waals surface area (Å²) in [6.45, 7) is 10.8. The molecule has 0 aromatic heterocycles. The van der Waals surface area contributed by atoms with Crippen LogP contribution < -0.4 is 0 Å². The minimum absolute atomic E-state index is 0.220. The predicted molar refractivity (Wildman–Crippen MR) is 93.7 cm³/mol. The molecule has 1 aliphatic rings. The first-order valence-corrected chi connectivity index (χ1v) is 8.76. The second-order valence-electron chi connectivity index (χ2n) is 6.76. The summed E-state index contributed by atoms with van der Waals surface area (Å²) in [4.78, 5) is 16.6. The van der Waals surface area contributed by atoms with E-state index in [0.717, 1.165) is 19.6 Å². The first kappa shape index (κ1) is 18.1. The van der Waals surface area contributed by atoms with E-state index in [1.165, 1.54) is 24.9 Å². The van der Waals surface area contributed by atoms with E-state index in [2.05, 4.69) is 30.6 Å². The molecule has 0 saturated carbocycles. The van der Waals surface area contributed by atoms with Crippen molar-refractivity contribution < 1.29 is 9.90 Å². The lowest BCUT2D eigenvalue weighted by atomic mass is 10.0. The van der Waals surface area contributed by atoms with E-state index in [0.29, 0.717) is 17.6 Å². The van der Waals surface area contributed by atoms with E-state index in [-0.39, 0.29) is 5.78 Å². The fraction of sp³-hybridized carbons (Fsp3) is 0.632. The lowest BCUT2D eigenvalue weighted by Crippen LogP contribution is -2.56. The van der Waals surface area contributed by atoms with Crippen LogP contribution in [-0.2, 0) is 6.54 Å². The molecule has 1 aromatic carbocycles. The van der Waals surface area contributed by atoms with E-state index in [1.54, 1.807) is 0 Å². The van der Waals surface area contributed by atoms with Crippen molar-refractivity contribution in [3.8, 4) is 0 Å². The van der Waals surface area contributed by atoms with Gasteiger partial charge in [-0.15, -0.1) is 0 Å². The Kier molecular flexibility index (Phi) is 6.75. The lowest BCUT2D eigenvalue weighted by Gasteiger charge is -2.44. The maximum absolute atomic E-state index is 11.5. The number of Topliss-reactive ketones (excluding diaryl/α,β-unsaturated/α-hetero) is 1. The molecular formula is C19H30N2O2. The number of rotatable bonds is 7. The SMILES string of the molecule is CCCCN1C[C@@H](C)N(Cc2ccc(C(=O)CO)cc2)[C@@H](C)C1. The smallest absolute Gasteiger partial charge is 0.188 e. The number of hydrogen-bond acceptors (Lipinski definition) is 4. The van der Waals surface area contributed by atoms with Crippen molar-refractivity contribution >= 4 is 5.78 Å². The summed E-state index contributed by atoms with van der Waals surface area (Å²) in [5.41, 5.74) is 1.81. The Morgan fingerprint density at radius 2 is 1.78 bits per heavy atom. The molecule has 1 aromatic rings. The van der Waals surface area contributed by atoms with Crippen molar-refractivity contribution in [3.05, 3.63) is 35.4 Å². The van der Waals surface area contributed by atoms with Gasteiger partial charge in [-0.05, 0) is 32.4 Å². The zero-order valence-corrected chi connectivity index (χ0v) is 14.7. The number of carbonyl (C=O) groups excluding carboxylic acids is 1. The normalized spacial score (nSPS) is 23.1. The minimum Gasteiger partial charge on any atom is -0.388 e. The van der Waals surface area contributed by atoms with Crippen LogP contribution in [0.2, 0.25) is 0 Å². The van der Waals surface area contributed by atoms with Crippen LogP contribution in [0.1, 0.15) is 49.5 Å². The fourth-order valence-electron chi connectivity index (χ4n) is 3.44. The summed E-state index contributed by atoms with van der Waals surface area (Å²) in [6.07, 6.45) is 2.53. The van der Waals surface area contributed by atoms with Gasteiger partial charge in [0.25, 0.3) is 0 Å². The van der Waals surface area contributed by atoms with Gasteiger partial charge in [0.2, 0.25) is 0 Å². The Hall–Kier alpha value is -1.23. The summed E-state index contributed by atoms with van der Waals surface area (Å²) in [6, 6.07) is 8.72. The predicted octanol–water partition coefficient (Wildman–Crippen LogP) is 2.56. The highest BCUT2D eigenvalue weighted by molar-refractivity contribution is 5.96. The van der Waals surface area contributed by atoms with Gasteiger partial charge in [0.1, 0.15) is 6.61 Å². The maximum atomic E-state index is 11.5. The summed E-state index contributed by atoms with van der Waals surface area (Å²) < 4.78 is 0. The third kappa shape index (κ3) is 4.87. The highest BCUT2D eigenvalue weighted by Gasteiger charge is 2.28. The van der Waals surface area contributed by atoms with Crippen LogP contribution in [-0.4, -0.2) is 59.0 Å². The second kappa shape index (κ2) is 8.57. The van der Waals surface area contributed by atoms with Gasteiger partial charge in [0.15, 0.2) is 5.78 Å². The lowest BCUT2D eigenvalue weighted by molar-refractivity contribution is 0.0323. The summed E-state index contributed by atoms with van der Waals surface area (Å²) in [5.74, 6) is -0.220. The largest absolute Gasteiger partial charge is 0.388 e. The number of ketones is 1. The molecule has 23 heavy (non-hydrogen) atoms. The van der Waals surface area contributed by atoms with E-state index in [4.69, 9.17) is 5.11 Å². The monoisotopic (exact) mass is 318 g/mol. The first-order chi connectivity index (χ1) is 11.0. The van der Waals surface area contributed by atoms with Gasteiger partial charge in [-0.25, -0.2) is 0 Å². The molecule has 1 fully saturated rings. The van der Waals surface area contributed by atoms with Crippen molar-refractivity contribution in [2.45, 2.75) is 52.2 Å². The van der Waals surface area contributed by atoms with E-state index in [1.807, 2.05) is 24.3 Å². The molecule has 1 N–H and O–H groups in total. The topological polar surface area (TPSA) is 43.8 Å². The molecule has 0 aliphatic carbocycles. The number of piperazine rings is 1. The quantitative estimate of drug-likeness (QED) is 0.785. The number of nitrogens with zero attached hydrogens (tertiary/aromatic N) is 2. The number of benzene rings is 1. The molecule has 0 radical (unpaired) electrons. The van der Waals surface area contributed by atoms with Gasteiger partial charge in [-0.2, -0.15) is 0 Å². The zero-order chi connectivity index (χ0) is 16.8. The van der Waals surface area contributed by atoms with E-state index in [9.17, 15) is 4.79 Å². The second-order valence-corrected chi connectivity index (χ2v) is 6.76. The Balaban J connectivity index is 1.95. The minimum atomic E-state index is -0.423. The van der Waals surface area contributed by atoms with Crippen molar-refractivity contribution in [1.29, 1.82) is 0 Å². The molecule has 128 valence electrons. The highest BCUT2D eigenvalue weighted by Crippen LogP contribution is 2.19. The Labute approximate surface area is 140 Å². The highest BCUT2D eigenvalue weighted by atomic mass is 16.3. The van der Waals surface area contributed by atoms with Gasteiger partial charge in [-0.1, -0.05) is 37.6 Å². The molecule has 0 bridgehead atoms. The molecule has 2 rings (SSSR count). The number of aliphatic hydroxyl groups is 1. The molecule has 1 heterocycles. The van der Waals surface area contributed by atoms with E-state index >= 15 is 0 Å². The molecule has 1 aliphatic heterocycles. The van der Waals surface area contributed by atoms with Crippen molar-refractivity contribution in [2.75, 3.05) is 26.2 Å². The number of hydrogen-bond donors (Lipinski definition) is 1. The van der Waals surface area contributed by atoms with Gasteiger partial charge in [0.05, 0.1) is 0 Å². The van der Waals surface area contributed by atoms with Gasteiger partial charge < -0.3 is 10.0 Å². The van der Waals surface area contributed by atoms with E-state index < -0.39 is 6.61 Å². The first-order valence-electron chi connectivity index (χ1n) is 8.76. The number of aliphatic hydroxyl groups excluding tert-OH is 1. The average molecular weight is 318 g/mol. The van der Waals surface area contributed by atoms with Crippen LogP contribution in [0, 0.1) is 0 Å². The zero-order valence-electron chi connectivity index (χ0n) is 14.7. The molecule has 4 nitrogen and oxygen atoms in total. The molecule has 0 amide bonds. The summed E-state index contributed by atoms with van der Waals surface area (Å²) in [5, 5.41) is 8.91. The summed E-state index contributed by atoms with van der Waals surface area (Å²) >= 11 is 0. The third-order valence-corrected chi connectivity index (χ3v) is 4.79. The Morgan fingerprint density at radius 1 is 1.17 bits per heavy atom. The van der Waals surface area contributed by atoms with Gasteiger partial charge in [0, 0.05) is 37.3 Å². The van der Waals surface area contributed by atoms with Crippen LogP contribution in [0.25, 0.3) is 0 Å². The van der Waals surface area contributed by atoms with Crippen LogP contribution in [0.5, 0.6) is 0 Å². The van der Waals surface area contributed by atoms with Gasteiger partial charge >= 0.3 is 0 Å². The maximum Gasteiger partial charge on any atom is 0.188 e. The Bertz CT molecular complexity index is 489. The number of unbranched alkanes of at least 4 members (excludes halogenated alkanes) is 1. The van der Waals surface area contributed by atoms with Crippen LogP contribution in [0.3, 0.4) is 0 Å². The van der Waals surface area contributed by atoms with Crippen molar-refractivity contribution in [1.82, 2.24) is 9.80 Å². The average Bonchev–Trinajstić information content (AvgIpc) is 2.56. The van der Waals surface area contributed by atoms with Crippen LogP contribution >= 0.6 is 0 Å². The summed E-state index contributed by atoms with van der Waals surface area (Å²) in [7, 11) is 0. The fourth-order valence-corrected chi connectivity index (χ4v) is 3.44. The molecule has 0 spiro atoms. The molecule has 2 atom stereocenters.